The smallest absolute Gasteiger partial charge is 0.326 e. The third-order valence-electron chi connectivity index (χ3n) is 4.31. The first-order valence-electron chi connectivity index (χ1n) is 8.95. The van der Waals surface area contributed by atoms with Gasteiger partial charge in [-0.05, 0) is 19.3 Å². The number of rotatable bonds is 11. The quantitative estimate of drug-likeness (QED) is 0.195. The second-order valence-electron chi connectivity index (χ2n) is 6.65. The summed E-state index contributed by atoms with van der Waals surface area (Å²) >= 11 is 0. The molecule has 162 valence electrons. The highest BCUT2D eigenvalue weighted by atomic mass is 16.4. The van der Waals surface area contributed by atoms with Crippen molar-refractivity contribution in [2.75, 3.05) is 13.1 Å². The minimum Gasteiger partial charge on any atom is -0.480 e. The number of nitrogens with one attached hydrogen (secondary N) is 2. The van der Waals surface area contributed by atoms with Gasteiger partial charge >= 0.3 is 5.97 Å². The predicted molar refractivity (Wildman–Crippen MR) is 97.5 cm³/mol. The fourth-order valence-corrected chi connectivity index (χ4v) is 2.89. The van der Waals surface area contributed by atoms with Crippen molar-refractivity contribution in [2.45, 2.75) is 50.2 Å². The van der Waals surface area contributed by atoms with E-state index in [1.165, 1.54) is 4.90 Å². The molecule has 0 bridgehead atoms. The normalized spacial score (nSPS) is 17.8. The number of hydrogen-bond donors (Lipinski definition) is 6. The molecule has 29 heavy (non-hydrogen) atoms. The van der Waals surface area contributed by atoms with Gasteiger partial charge in [-0.1, -0.05) is 0 Å². The van der Waals surface area contributed by atoms with E-state index in [2.05, 4.69) is 10.6 Å². The fourth-order valence-electron chi connectivity index (χ4n) is 2.89. The van der Waals surface area contributed by atoms with Gasteiger partial charge in [-0.25, -0.2) is 4.79 Å². The van der Waals surface area contributed by atoms with Crippen LogP contribution in [0.5, 0.6) is 0 Å². The second-order valence-corrected chi connectivity index (χ2v) is 6.65. The zero-order valence-electron chi connectivity index (χ0n) is 15.8. The summed E-state index contributed by atoms with van der Waals surface area (Å²) in [7, 11) is 0. The number of primary amides is 2. The van der Waals surface area contributed by atoms with Crippen LogP contribution in [-0.4, -0.2) is 76.7 Å². The average molecular weight is 414 g/mol. The summed E-state index contributed by atoms with van der Waals surface area (Å²) in [5, 5.41) is 13.6. The van der Waals surface area contributed by atoms with Crippen LogP contribution >= 0.6 is 0 Å². The molecule has 13 nitrogen and oxygen atoms in total. The molecule has 1 aliphatic rings. The van der Waals surface area contributed by atoms with E-state index >= 15 is 0 Å². The number of nitrogens with two attached hydrogens (primary N) is 3. The van der Waals surface area contributed by atoms with Crippen molar-refractivity contribution in [3.8, 4) is 0 Å². The van der Waals surface area contributed by atoms with Crippen molar-refractivity contribution in [1.29, 1.82) is 0 Å². The summed E-state index contributed by atoms with van der Waals surface area (Å²) in [5.41, 5.74) is 15.6. The number of carboxylic acids is 1. The molecular formula is C16H26N6O7. The zero-order chi connectivity index (χ0) is 22.1. The molecule has 0 radical (unpaired) electrons. The van der Waals surface area contributed by atoms with Crippen LogP contribution in [0.2, 0.25) is 0 Å². The fraction of sp³-hybridized carbons (Fsp3) is 0.625. The minimum absolute atomic E-state index is 0.187. The lowest BCUT2D eigenvalue weighted by Crippen LogP contribution is -2.53. The number of carbonyl (C=O) groups excluding carboxylic acids is 5. The maximum absolute atomic E-state index is 12.3. The number of nitrogens with zero attached hydrogens (tertiary/aromatic N) is 1. The SMILES string of the molecule is NC(=O)CCC(NC(=O)CNC(=O)C1CCCN1C(=O)C(N)CC(N)=O)C(=O)O. The van der Waals surface area contributed by atoms with Crippen molar-refractivity contribution in [3.63, 3.8) is 0 Å². The molecule has 0 aliphatic carbocycles. The highest BCUT2D eigenvalue weighted by molar-refractivity contribution is 5.94. The molecule has 1 aliphatic heterocycles. The molecule has 13 heteroatoms. The Kier molecular flexibility index (Phi) is 8.99. The number of amides is 5. The predicted octanol–water partition coefficient (Wildman–Crippen LogP) is -3.87. The Balaban J connectivity index is 2.58. The first-order chi connectivity index (χ1) is 13.5. The third kappa shape index (κ3) is 7.73. The van der Waals surface area contributed by atoms with Crippen molar-refractivity contribution in [3.05, 3.63) is 0 Å². The average Bonchev–Trinajstić information content (AvgIpc) is 3.11. The first kappa shape index (κ1) is 23.8. The molecular weight excluding hydrogens is 388 g/mol. The van der Waals surface area contributed by atoms with Crippen LogP contribution in [-0.2, 0) is 28.8 Å². The standard InChI is InChI=1S/C16H26N6O7/c17-8(6-12(19)24)15(27)22-5-1-2-10(22)14(26)20-7-13(25)21-9(16(28)29)3-4-11(18)23/h8-10H,1-7,17H2,(H2,18,23)(H2,19,24)(H,20,26)(H,21,25)(H,28,29). The molecule has 0 spiro atoms. The molecule has 1 saturated heterocycles. The molecule has 0 aromatic rings. The van der Waals surface area contributed by atoms with Gasteiger partial charge in [0, 0.05) is 13.0 Å². The highest BCUT2D eigenvalue weighted by Gasteiger charge is 2.36. The van der Waals surface area contributed by atoms with E-state index in [0.29, 0.717) is 12.8 Å². The lowest BCUT2D eigenvalue weighted by Gasteiger charge is -2.26. The summed E-state index contributed by atoms with van der Waals surface area (Å²) < 4.78 is 0. The van der Waals surface area contributed by atoms with E-state index in [9.17, 15) is 28.8 Å². The van der Waals surface area contributed by atoms with Crippen LogP contribution in [0.4, 0.5) is 0 Å². The summed E-state index contributed by atoms with van der Waals surface area (Å²) in [4.78, 5) is 70.6. The van der Waals surface area contributed by atoms with E-state index in [-0.39, 0.29) is 25.8 Å². The summed E-state index contributed by atoms with van der Waals surface area (Å²) in [6.07, 6.45) is 0.113. The van der Waals surface area contributed by atoms with Gasteiger partial charge in [0.2, 0.25) is 29.5 Å². The Morgan fingerprint density at radius 1 is 1.10 bits per heavy atom. The second kappa shape index (κ2) is 10.9. The lowest BCUT2D eigenvalue weighted by molar-refractivity contribution is -0.142. The van der Waals surface area contributed by atoms with E-state index < -0.39 is 60.2 Å². The molecule has 0 aromatic carbocycles. The van der Waals surface area contributed by atoms with Crippen LogP contribution in [0.15, 0.2) is 0 Å². The Bertz CT molecular complexity index is 683. The molecule has 1 heterocycles. The van der Waals surface area contributed by atoms with E-state index in [1.807, 2.05) is 0 Å². The minimum atomic E-state index is -1.35. The Hall–Kier alpha value is -3.22. The molecule has 5 amide bonds. The van der Waals surface area contributed by atoms with Crippen molar-refractivity contribution in [1.82, 2.24) is 15.5 Å². The van der Waals surface area contributed by atoms with Crippen molar-refractivity contribution >= 4 is 35.5 Å². The van der Waals surface area contributed by atoms with Crippen LogP contribution in [0.25, 0.3) is 0 Å². The number of carboxylic acid groups (broad SMARTS) is 1. The number of carbonyl (C=O) groups is 6. The summed E-state index contributed by atoms with van der Waals surface area (Å²) in [6, 6.07) is -3.35. The first-order valence-corrected chi connectivity index (χ1v) is 8.95. The van der Waals surface area contributed by atoms with E-state index in [0.717, 1.165) is 0 Å². The van der Waals surface area contributed by atoms with Gasteiger partial charge in [0.15, 0.2) is 0 Å². The molecule has 1 rings (SSSR count). The monoisotopic (exact) mass is 414 g/mol. The van der Waals surface area contributed by atoms with Crippen LogP contribution in [0, 0.1) is 0 Å². The van der Waals surface area contributed by atoms with Crippen LogP contribution < -0.4 is 27.8 Å². The Morgan fingerprint density at radius 3 is 2.31 bits per heavy atom. The van der Waals surface area contributed by atoms with Gasteiger partial charge in [0.05, 0.1) is 19.0 Å². The Morgan fingerprint density at radius 2 is 1.76 bits per heavy atom. The highest BCUT2D eigenvalue weighted by Crippen LogP contribution is 2.18. The van der Waals surface area contributed by atoms with Crippen molar-refractivity contribution < 1.29 is 33.9 Å². The third-order valence-corrected chi connectivity index (χ3v) is 4.31. The van der Waals surface area contributed by atoms with E-state index in [4.69, 9.17) is 22.3 Å². The van der Waals surface area contributed by atoms with Crippen LogP contribution in [0.3, 0.4) is 0 Å². The molecule has 9 N–H and O–H groups in total. The summed E-state index contributed by atoms with van der Waals surface area (Å²) in [6.45, 7) is -0.255. The molecule has 3 unspecified atom stereocenters. The van der Waals surface area contributed by atoms with Gasteiger partial charge in [0.25, 0.3) is 0 Å². The van der Waals surface area contributed by atoms with Crippen LogP contribution in [0.1, 0.15) is 32.1 Å². The zero-order valence-corrected chi connectivity index (χ0v) is 15.8. The molecule has 1 fully saturated rings. The van der Waals surface area contributed by atoms with Gasteiger partial charge in [-0.15, -0.1) is 0 Å². The number of aliphatic carboxylic acids is 1. The molecule has 3 atom stereocenters. The largest absolute Gasteiger partial charge is 0.480 e. The van der Waals surface area contributed by atoms with E-state index in [1.54, 1.807) is 0 Å². The number of likely N-dealkylation sites (tertiary alicyclic amines) is 1. The maximum atomic E-state index is 12.3. The van der Waals surface area contributed by atoms with Gasteiger partial charge in [-0.2, -0.15) is 0 Å². The summed E-state index contributed by atoms with van der Waals surface area (Å²) in [5.74, 6) is -4.78. The molecule has 0 aromatic heterocycles. The van der Waals surface area contributed by atoms with Gasteiger partial charge in [-0.3, -0.25) is 24.0 Å². The van der Waals surface area contributed by atoms with Crippen molar-refractivity contribution in [2.24, 2.45) is 17.2 Å². The van der Waals surface area contributed by atoms with Gasteiger partial charge in [0.1, 0.15) is 12.1 Å². The van der Waals surface area contributed by atoms with Gasteiger partial charge < -0.3 is 37.8 Å². The molecule has 0 saturated carbocycles. The topological polar surface area (TPSA) is 228 Å². The Labute approximate surface area is 166 Å². The maximum Gasteiger partial charge on any atom is 0.326 e. The number of hydrogen-bond acceptors (Lipinski definition) is 7. The lowest BCUT2D eigenvalue weighted by atomic mass is 10.1.